The third-order valence-corrected chi connectivity index (χ3v) is 6.86. The molecule has 7 heteroatoms. The Morgan fingerprint density at radius 3 is 2.45 bits per heavy atom. The summed E-state index contributed by atoms with van der Waals surface area (Å²) in [6, 6.07) is 19.6. The van der Waals surface area contributed by atoms with Crippen molar-refractivity contribution in [1.29, 1.82) is 0 Å². The Labute approximate surface area is 170 Å². The number of carbonyl (C=O) groups is 1. The van der Waals surface area contributed by atoms with Crippen LogP contribution >= 0.6 is 0 Å². The van der Waals surface area contributed by atoms with Gasteiger partial charge in [0, 0.05) is 6.07 Å². The van der Waals surface area contributed by atoms with Crippen molar-refractivity contribution < 1.29 is 13.2 Å². The highest BCUT2D eigenvalue weighted by atomic mass is 32.2. The predicted octanol–water partition coefficient (Wildman–Crippen LogP) is 3.40. The number of hydrogen-bond donors (Lipinski definition) is 1. The Morgan fingerprint density at radius 1 is 1.10 bits per heavy atom. The van der Waals surface area contributed by atoms with E-state index in [2.05, 4.69) is 22.5 Å². The monoisotopic (exact) mass is 409 g/mol. The molecule has 1 amide bonds. The SMILES string of the molecule is Cc1cc(NC(=O)Cc2ccc(-c3ccccc3)cc2)n(C2CCS(=O)(=O)C2)n1. The highest BCUT2D eigenvalue weighted by Crippen LogP contribution is 2.27. The fourth-order valence-electron chi connectivity index (χ4n) is 3.67. The van der Waals surface area contributed by atoms with Gasteiger partial charge in [0.1, 0.15) is 5.82 Å². The highest BCUT2D eigenvalue weighted by Gasteiger charge is 2.31. The van der Waals surface area contributed by atoms with Crippen molar-refractivity contribution in [2.45, 2.75) is 25.8 Å². The molecule has 0 aliphatic carbocycles. The maximum absolute atomic E-state index is 12.6. The number of rotatable bonds is 5. The molecule has 6 nitrogen and oxygen atoms in total. The van der Waals surface area contributed by atoms with Crippen molar-refractivity contribution >= 4 is 21.6 Å². The number of anilines is 1. The second-order valence-electron chi connectivity index (χ2n) is 7.46. The molecule has 1 unspecified atom stereocenters. The molecule has 2 heterocycles. The van der Waals surface area contributed by atoms with E-state index < -0.39 is 9.84 Å². The number of carbonyl (C=O) groups excluding carboxylic acids is 1. The zero-order valence-corrected chi connectivity index (χ0v) is 17.0. The standard InChI is InChI=1S/C22H23N3O3S/c1-16-13-21(25(24-16)20-11-12-29(27,28)15-20)23-22(26)14-17-7-9-19(10-8-17)18-5-3-2-4-6-18/h2-10,13,20H,11-12,14-15H2,1H3,(H,23,26). The van der Waals surface area contributed by atoms with Crippen molar-refractivity contribution in [2.24, 2.45) is 0 Å². The van der Waals surface area contributed by atoms with Gasteiger partial charge in [-0.1, -0.05) is 54.6 Å². The van der Waals surface area contributed by atoms with E-state index in [1.54, 1.807) is 10.7 Å². The molecule has 4 rings (SSSR count). The molecule has 1 aliphatic heterocycles. The lowest BCUT2D eigenvalue weighted by atomic mass is 10.0. The summed E-state index contributed by atoms with van der Waals surface area (Å²) in [5, 5.41) is 7.30. The molecule has 1 saturated heterocycles. The molecule has 1 N–H and O–H groups in total. The molecule has 0 saturated carbocycles. The summed E-state index contributed by atoms with van der Waals surface area (Å²) in [6.07, 6.45) is 0.759. The van der Waals surface area contributed by atoms with Crippen molar-refractivity contribution in [2.75, 3.05) is 16.8 Å². The van der Waals surface area contributed by atoms with E-state index in [4.69, 9.17) is 0 Å². The quantitative estimate of drug-likeness (QED) is 0.700. The fraction of sp³-hybridized carbons (Fsp3) is 0.273. The van der Waals surface area contributed by atoms with Gasteiger partial charge in [-0.05, 0) is 30.0 Å². The maximum Gasteiger partial charge on any atom is 0.229 e. The average molecular weight is 410 g/mol. The number of hydrogen-bond acceptors (Lipinski definition) is 4. The number of benzene rings is 2. The van der Waals surface area contributed by atoms with Crippen molar-refractivity contribution in [1.82, 2.24) is 9.78 Å². The Hall–Kier alpha value is -2.93. The molecular formula is C22H23N3O3S. The van der Waals surface area contributed by atoms with Crippen molar-refractivity contribution in [3.63, 3.8) is 0 Å². The summed E-state index contributed by atoms with van der Waals surface area (Å²) in [5.74, 6) is 0.630. The number of aryl methyl sites for hydroxylation is 1. The molecule has 150 valence electrons. The van der Waals surface area contributed by atoms with Crippen molar-refractivity contribution in [3.05, 3.63) is 71.9 Å². The predicted molar refractivity (Wildman–Crippen MR) is 113 cm³/mol. The molecule has 1 aliphatic rings. The smallest absolute Gasteiger partial charge is 0.229 e. The molecule has 0 bridgehead atoms. The summed E-state index contributed by atoms with van der Waals surface area (Å²) < 4.78 is 25.2. The Balaban J connectivity index is 1.44. The van der Waals surface area contributed by atoms with Gasteiger partial charge >= 0.3 is 0 Å². The van der Waals surface area contributed by atoms with Gasteiger partial charge in [-0.2, -0.15) is 5.10 Å². The van der Waals surface area contributed by atoms with Crippen LogP contribution in [-0.2, 0) is 21.1 Å². The first-order valence-corrected chi connectivity index (χ1v) is 11.4. The lowest BCUT2D eigenvalue weighted by Crippen LogP contribution is -2.20. The van der Waals surface area contributed by atoms with Crippen LogP contribution in [0.2, 0.25) is 0 Å². The topological polar surface area (TPSA) is 81.1 Å². The van der Waals surface area contributed by atoms with Crippen molar-refractivity contribution in [3.8, 4) is 11.1 Å². The first kappa shape index (κ1) is 19.4. The summed E-state index contributed by atoms with van der Waals surface area (Å²) >= 11 is 0. The second kappa shape index (κ2) is 7.83. The normalized spacial score (nSPS) is 17.9. The Morgan fingerprint density at radius 2 is 1.79 bits per heavy atom. The minimum absolute atomic E-state index is 0.0674. The van der Waals surface area contributed by atoms with E-state index in [-0.39, 0.29) is 29.9 Å². The summed E-state index contributed by atoms with van der Waals surface area (Å²) in [5.41, 5.74) is 3.89. The Kier molecular flexibility index (Phi) is 5.24. The molecule has 0 spiro atoms. The maximum atomic E-state index is 12.6. The third kappa shape index (κ3) is 4.56. The van der Waals surface area contributed by atoms with Crippen LogP contribution in [0.4, 0.5) is 5.82 Å². The second-order valence-corrected chi connectivity index (χ2v) is 9.69. The van der Waals surface area contributed by atoms with Crippen LogP contribution in [0.1, 0.15) is 23.7 Å². The van der Waals surface area contributed by atoms with Crippen LogP contribution in [0.3, 0.4) is 0 Å². The van der Waals surface area contributed by atoms with Gasteiger partial charge in [-0.25, -0.2) is 13.1 Å². The molecule has 2 aromatic carbocycles. The van der Waals surface area contributed by atoms with Crippen LogP contribution in [0.25, 0.3) is 11.1 Å². The molecule has 1 aromatic heterocycles. The highest BCUT2D eigenvalue weighted by molar-refractivity contribution is 7.91. The van der Waals surface area contributed by atoms with Gasteiger partial charge in [-0.3, -0.25) is 4.79 Å². The minimum Gasteiger partial charge on any atom is -0.311 e. The van der Waals surface area contributed by atoms with E-state index in [0.717, 1.165) is 22.4 Å². The van der Waals surface area contributed by atoms with E-state index in [0.29, 0.717) is 12.2 Å². The molecule has 1 fully saturated rings. The zero-order valence-electron chi connectivity index (χ0n) is 16.2. The number of amides is 1. The number of sulfone groups is 1. The molecular weight excluding hydrogens is 386 g/mol. The van der Waals surface area contributed by atoms with E-state index in [9.17, 15) is 13.2 Å². The van der Waals surface area contributed by atoms with Crippen LogP contribution in [0.5, 0.6) is 0 Å². The molecule has 1 atom stereocenters. The van der Waals surface area contributed by atoms with E-state index in [1.165, 1.54) is 0 Å². The molecule has 0 radical (unpaired) electrons. The minimum atomic E-state index is -3.03. The van der Waals surface area contributed by atoms with Gasteiger partial charge in [0.05, 0.1) is 29.7 Å². The van der Waals surface area contributed by atoms with Crippen LogP contribution in [0.15, 0.2) is 60.7 Å². The fourth-order valence-corrected chi connectivity index (χ4v) is 5.37. The van der Waals surface area contributed by atoms with Gasteiger partial charge in [0.25, 0.3) is 0 Å². The van der Waals surface area contributed by atoms with Crippen LogP contribution in [0, 0.1) is 6.92 Å². The van der Waals surface area contributed by atoms with E-state index in [1.807, 2.05) is 49.4 Å². The Bertz CT molecular complexity index is 1120. The first-order valence-electron chi connectivity index (χ1n) is 9.60. The number of nitrogens with one attached hydrogen (secondary N) is 1. The number of aromatic nitrogens is 2. The van der Waals surface area contributed by atoms with Crippen LogP contribution < -0.4 is 5.32 Å². The molecule has 29 heavy (non-hydrogen) atoms. The van der Waals surface area contributed by atoms with Gasteiger partial charge in [0.15, 0.2) is 9.84 Å². The van der Waals surface area contributed by atoms with Gasteiger partial charge in [-0.15, -0.1) is 0 Å². The molecule has 3 aromatic rings. The lowest BCUT2D eigenvalue weighted by molar-refractivity contribution is -0.115. The number of nitrogens with zero attached hydrogens (tertiary/aromatic N) is 2. The van der Waals surface area contributed by atoms with Gasteiger partial charge < -0.3 is 5.32 Å². The van der Waals surface area contributed by atoms with Gasteiger partial charge in [0.2, 0.25) is 5.91 Å². The summed E-state index contributed by atoms with van der Waals surface area (Å²) in [6.45, 7) is 1.83. The lowest BCUT2D eigenvalue weighted by Gasteiger charge is -2.14. The largest absolute Gasteiger partial charge is 0.311 e. The average Bonchev–Trinajstić information content (AvgIpc) is 3.24. The first-order chi connectivity index (χ1) is 13.9. The van der Waals surface area contributed by atoms with Crippen LogP contribution in [-0.4, -0.2) is 35.6 Å². The summed E-state index contributed by atoms with van der Waals surface area (Å²) in [4.78, 5) is 12.6. The third-order valence-electron chi connectivity index (χ3n) is 5.11. The van der Waals surface area contributed by atoms with E-state index >= 15 is 0 Å². The summed E-state index contributed by atoms with van der Waals surface area (Å²) in [7, 11) is -3.03. The zero-order chi connectivity index (χ0) is 20.4.